The number of aromatic hydroxyl groups is 1. The van der Waals surface area contributed by atoms with Gasteiger partial charge in [0, 0.05) is 0 Å². The van der Waals surface area contributed by atoms with Gasteiger partial charge in [-0.25, -0.2) is 0 Å². The highest BCUT2D eigenvalue weighted by Gasteiger charge is 1.94. The van der Waals surface area contributed by atoms with E-state index in [9.17, 15) is 4.79 Å². The molecule has 0 aliphatic heterocycles. The maximum Gasteiger partial charge on any atom is 0.225 e. The van der Waals surface area contributed by atoms with Gasteiger partial charge in [0.05, 0.1) is 5.69 Å². The predicted molar refractivity (Wildman–Crippen MR) is 40.9 cm³/mol. The van der Waals surface area contributed by atoms with Crippen LogP contribution < -0.4 is 10.9 Å². The van der Waals surface area contributed by atoms with Crippen LogP contribution in [0.15, 0.2) is 24.3 Å². The summed E-state index contributed by atoms with van der Waals surface area (Å²) in [5, 5.41) is 9.12. The molecule has 11 heavy (non-hydrogen) atoms. The molecule has 0 aliphatic carbocycles. The third-order valence-corrected chi connectivity index (χ3v) is 1.17. The molecule has 0 heterocycles. The number of rotatable bonds is 3. The number of phenolic OH excluding ortho intramolecular Hbond substituents is 1. The molecular weight excluding hydrogens is 144 g/mol. The lowest BCUT2D eigenvalue weighted by molar-refractivity contribution is -0.109. The van der Waals surface area contributed by atoms with Gasteiger partial charge in [-0.15, -0.1) is 0 Å². The molecule has 0 unspecified atom stereocenters. The van der Waals surface area contributed by atoms with Crippen LogP contribution in [0, 0.1) is 0 Å². The van der Waals surface area contributed by atoms with Crippen molar-refractivity contribution in [1.29, 1.82) is 0 Å². The minimum absolute atomic E-state index is 0.0989. The number of amides is 1. The fourth-order valence-electron chi connectivity index (χ4n) is 0.687. The Morgan fingerprint density at radius 2 is 2.09 bits per heavy atom. The number of nitrogens with one attached hydrogen (secondary N) is 2. The summed E-state index contributed by atoms with van der Waals surface area (Å²) in [6.07, 6.45) is 0.492. The third kappa shape index (κ3) is 1.86. The van der Waals surface area contributed by atoms with Gasteiger partial charge in [0.15, 0.2) is 0 Å². The van der Waals surface area contributed by atoms with Crippen molar-refractivity contribution in [3.05, 3.63) is 24.3 Å². The van der Waals surface area contributed by atoms with E-state index in [-0.39, 0.29) is 5.75 Å². The van der Waals surface area contributed by atoms with Crippen molar-refractivity contribution in [2.45, 2.75) is 0 Å². The molecule has 1 aromatic carbocycles. The van der Waals surface area contributed by atoms with Crippen molar-refractivity contribution in [2.24, 2.45) is 0 Å². The third-order valence-electron chi connectivity index (χ3n) is 1.17. The van der Waals surface area contributed by atoms with E-state index in [1.54, 1.807) is 18.2 Å². The average molecular weight is 152 g/mol. The molecule has 0 fully saturated rings. The van der Waals surface area contributed by atoms with Gasteiger partial charge in [-0.3, -0.25) is 15.6 Å². The lowest BCUT2D eigenvalue weighted by Crippen LogP contribution is -2.18. The van der Waals surface area contributed by atoms with Crippen LogP contribution in [-0.2, 0) is 4.79 Å². The molecule has 0 aromatic heterocycles. The molecule has 0 saturated carbocycles. The number of carbonyl (C=O) groups is 1. The van der Waals surface area contributed by atoms with Gasteiger partial charge in [-0.1, -0.05) is 12.1 Å². The Balaban J connectivity index is 2.69. The summed E-state index contributed by atoms with van der Waals surface area (Å²) < 4.78 is 0. The first-order chi connectivity index (χ1) is 5.34. The first-order valence-electron chi connectivity index (χ1n) is 3.08. The van der Waals surface area contributed by atoms with E-state index < -0.39 is 0 Å². The van der Waals surface area contributed by atoms with Crippen LogP contribution in [0.5, 0.6) is 5.75 Å². The maximum absolute atomic E-state index is 9.83. The van der Waals surface area contributed by atoms with Crippen molar-refractivity contribution in [3.63, 3.8) is 0 Å². The zero-order valence-electron chi connectivity index (χ0n) is 5.74. The number of anilines is 1. The number of hydrogen-bond acceptors (Lipinski definition) is 3. The van der Waals surface area contributed by atoms with Crippen molar-refractivity contribution >= 4 is 12.1 Å². The van der Waals surface area contributed by atoms with Crippen molar-refractivity contribution in [2.75, 3.05) is 5.43 Å². The molecular formula is C7H8N2O2. The Bertz CT molecular complexity index is 250. The molecule has 1 rings (SSSR count). The Morgan fingerprint density at radius 1 is 1.36 bits per heavy atom. The lowest BCUT2D eigenvalue weighted by Gasteiger charge is -2.04. The van der Waals surface area contributed by atoms with Crippen LogP contribution in [-0.4, -0.2) is 11.5 Å². The summed E-state index contributed by atoms with van der Waals surface area (Å²) in [6.45, 7) is 0. The minimum atomic E-state index is 0.0989. The number of hydrazine groups is 1. The second kappa shape index (κ2) is 3.46. The van der Waals surface area contributed by atoms with Gasteiger partial charge in [0.25, 0.3) is 0 Å². The summed E-state index contributed by atoms with van der Waals surface area (Å²) in [5.41, 5.74) is 5.18. The second-order valence-corrected chi connectivity index (χ2v) is 1.90. The van der Waals surface area contributed by atoms with E-state index in [0.29, 0.717) is 12.1 Å². The van der Waals surface area contributed by atoms with Crippen molar-refractivity contribution < 1.29 is 9.90 Å². The molecule has 4 nitrogen and oxygen atoms in total. The molecule has 1 aromatic rings. The van der Waals surface area contributed by atoms with E-state index in [0.717, 1.165) is 0 Å². The molecule has 0 atom stereocenters. The van der Waals surface area contributed by atoms with Crippen LogP contribution in [0.25, 0.3) is 0 Å². The fraction of sp³-hybridized carbons (Fsp3) is 0. The molecule has 0 spiro atoms. The maximum atomic E-state index is 9.83. The van der Waals surface area contributed by atoms with E-state index in [4.69, 9.17) is 5.11 Å². The van der Waals surface area contributed by atoms with E-state index in [1.165, 1.54) is 6.07 Å². The normalized spacial score (nSPS) is 8.73. The largest absolute Gasteiger partial charge is 0.506 e. The number of benzene rings is 1. The van der Waals surface area contributed by atoms with Gasteiger partial charge >= 0.3 is 0 Å². The SMILES string of the molecule is O=CNNc1ccccc1O. The zero-order chi connectivity index (χ0) is 8.10. The highest BCUT2D eigenvalue weighted by Crippen LogP contribution is 2.19. The van der Waals surface area contributed by atoms with Gasteiger partial charge in [-0.2, -0.15) is 0 Å². The number of phenols is 1. The van der Waals surface area contributed by atoms with E-state index in [2.05, 4.69) is 10.9 Å². The van der Waals surface area contributed by atoms with Crippen molar-refractivity contribution in [1.82, 2.24) is 5.43 Å². The molecule has 0 bridgehead atoms. The van der Waals surface area contributed by atoms with Crippen LogP contribution in [0.1, 0.15) is 0 Å². The van der Waals surface area contributed by atoms with Crippen LogP contribution in [0.2, 0.25) is 0 Å². The Kier molecular flexibility index (Phi) is 2.32. The number of hydrogen-bond donors (Lipinski definition) is 3. The Hall–Kier alpha value is -1.71. The first-order valence-corrected chi connectivity index (χ1v) is 3.08. The number of para-hydroxylation sites is 2. The molecule has 58 valence electrons. The summed E-state index contributed by atoms with van der Waals surface area (Å²) in [7, 11) is 0. The lowest BCUT2D eigenvalue weighted by atomic mass is 10.3. The quantitative estimate of drug-likeness (QED) is 0.335. The van der Waals surface area contributed by atoms with Gasteiger partial charge in [0.2, 0.25) is 6.41 Å². The summed E-state index contributed by atoms with van der Waals surface area (Å²) in [6, 6.07) is 6.61. The summed E-state index contributed by atoms with van der Waals surface area (Å²) >= 11 is 0. The fourth-order valence-corrected chi connectivity index (χ4v) is 0.687. The summed E-state index contributed by atoms with van der Waals surface area (Å²) in [4.78, 5) is 9.83. The van der Waals surface area contributed by atoms with Crippen LogP contribution in [0.3, 0.4) is 0 Å². The Labute approximate surface area is 63.8 Å². The molecule has 1 amide bonds. The molecule has 4 heteroatoms. The number of carbonyl (C=O) groups excluding carboxylic acids is 1. The Morgan fingerprint density at radius 3 is 2.73 bits per heavy atom. The van der Waals surface area contributed by atoms with E-state index >= 15 is 0 Å². The first kappa shape index (κ1) is 7.40. The van der Waals surface area contributed by atoms with Crippen LogP contribution >= 0.6 is 0 Å². The zero-order valence-corrected chi connectivity index (χ0v) is 5.74. The monoisotopic (exact) mass is 152 g/mol. The van der Waals surface area contributed by atoms with Crippen LogP contribution in [0.4, 0.5) is 5.69 Å². The molecule has 0 aliphatic rings. The van der Waals surface area contributed by atoms with Gasteiger partial charge in [0.1, 0.15) is 5.75 Å². The van der Waals surface area contributed by atoms with Crippen molar-refractivity contribution in [3.8, 4) is 5.75 Å². The highest BCUT2D eigenvalue weighted by molar-refractivity contribution is 5.58. The average Bonchev–Trinajstić information content (AvgIpc) is 2.03. The van der Waals surface area contributed by atoms with Gasteiger partial charge < -0.3 is 5.11 Å². The summed E-state index contributed by atoms with van der Waals surface area (Å²) in [5.74, 6) is 0.0989. The predicted octanol–water partition coefficient (Wildman–Crippen LogP) is 0.465. The second-order valence-electron chi connectivity index (χ2n) is 1.90. The van der Waals surface area contributed by atoms with Gasteiger partial charge in [-0.05, 0) is 12.1 Å². The van der Waals surface area contributed by atoms with E-state index in [1.807, 2.05) is 0 Å². The standard InChI is InChI=1S/C7H8N2O2/c10-5-8-9-6-3-1-2-4-7(6)11/h1-5,9,11H,(H,8,10). The molecule has 0 radical (unpaired) electrons. The molecule has 3 N–H and O–H groups in total. The molecule has 0 saturated heterocycles. The highest BCUT2D eigenvalue weighted by atomic mass is 16.3. The smallest absolute Gasteiger partial charge is 0.225 e. The topological polar surface area (TPSA) is 61.4 Å². The minimum Gasteiger partial charge on any atom is -0.506 e.